The minimum Gasteiger partial charge on any atom is -0.322 e. The van der Waals surface area contributed by atoms with E-state index in [1.54, 1.807) is 29.2 Å². The van der Waals surface area contributed by atoms with E-state index in [1.807, 2.05) is 13.1 Å². The van der Waals surface area contributed by atoms with E-state index in [0.29, 0.717) is 31.1 Å². The van der Waals surface area contributed by atoms with Gasteiger partial charge >= 0.3 is 6.03 Å². The molecule has 0 spiro atoms. The van der Waals surface area contributed by atoms with E-state index in [4.69, 9.17) is 0 Å². The Labute approximate surface area is 149 Å². The summed E-state index contributed by atoms with van der Waals surface area (Å²) in [4.78, 5) is 14.2. The number of piperazine rings is 1. The summed E-state index contributed by atoms with van der Waals surface area (Å²) in [6, 6.07) is 6.72. The van der Waals surface area contributed by atoms with Gasteiger partial charge in [-0.15, -0.1) is 0 Å². The highest BCUT2D eigenvalue weighted by atomic mass is 32.2. The van der Waals surface area contributed by atoms with Crippen LogP contribution in [0.4, 0.5) is 4.79 Å². The molecule has 2 aliphatic rings. The van der Waals surface area contributed by atoms with Crippen molar-refractivity contribution >= 4 is 16.1 Å². The van der Waals surface area contributed by atoms with E-state index in [1.165, 1.54) is 22.7 Å². The second-order valence-electron chi connectivity index (χ2n) is 6.66. The van der Waals surface area contributed by atoms with Crippen LogP contribution < -0.4 is 5.32 Å². The van der Waals surface area contributed by atoms with Gasteiger partial charge in [-0.1, -0.05) is 23.3 Å². The van der Waals surface area contributed by atoms with Gasteiger partial charge in [-0.3, -0.25) is 0 Å². The second kappa shape index (κ2) is 7.58. The first-order valence-electron chi connectivity index (χ1n) is 8.77. The van der Waals surface area contributed by atoms with Crippen LogP contribution in [0.15, 0.2) is 40.9 Å². The summed E-state index contributed by atoms with van der Waals surface area (Å²) < 4.78 is 26.8. The molecular formula is C18H25N3O3S. The number of allylic oxidation sites excluding steroid dienone is 1. The molecule has 0 radical (unpaired) electrons. The molecule has 0 atom stereocenters. The fourth-order valence-corrected chi connectivity index (χ4v) is 4.64. The molecule has 1 aromatic carbocycles. The smallest absolute Gasteiger partial charge is 0.321 e. The fraction of sp³-hybridized carbons (Fsp3) is 0.500. The van der Waals surface area contributed by atoms with Gasteiger partial charge in [0.1, 0.15) is 0 Å². The first-order valence-corrected chi connectivity index (χ1v) is 10.2. The zero-order chi connectivity index (χ0) is 17.9. The third kappa shape index (κ3) is 4.22. The van der Waals surface area contributed by atoms with E-state index in [-0.39, 0.29) is 6.03 Å². The summed E-state index contributed by atoms with van der Waals surface area (Å²) in [5.74, 6) is 0. The number of sulfonamides is 1. The number of carbonyl (C=O) groups is 1. The topological polar surface area (TPSA) is 69.7 Å². The Bertz CT molecular complexity index is 740. The number of rotatable bonds is 3. The van der Waals surface area contributed by atoms with Crippen LogP contribution >= 0.6 is 0 Å². The van der Waals surface area contributed by atoms with E-state index >= 15 is 0 Å². The molecule has 3 rings (SSSR count). The summed E-state index contributed by atoms with van der Waals surface area (Å²) >= 11 is 0. The van der Waals surface area contributed by atoms with Gasteiger partial charge in [0.25, 0.3) is 0 Å². The van der Waals surface area contributed by atoms with Gasteiger partial charge in [0.15, 0.2) is 0 Å². The molecule has 1 N–H and O–H groups in total. The van der Waals surface area contributed by atoms with Crippen molar-refractivity contribution in [3.05, 3.63) is 41.6 Å². The summed E-state index contributed by atoms with van der Waals surface area (Å²) in [5.41, 5.74) is 2.31. The van der Waals surface area contributed by atoms with Crippen LogP contribution in [0, 0.1) is 6.92 Å². The molecule has 0 bridgehead atoms. The maximum Gasteiger partial charge on any atom is 0.321 e. The highest BCUT2D eigenvalue weighted by Gasteiger charge is 2.29. The number of amides is 2. The lowest BCUT2D eigenvalue weighted by molar-refractivity contribution is 0.175. The third-order valence-electron chi connectivity index (χ3n) is 4.83. The van der Waals surface area contributed by atoms with Gasteiger partial charge in [-0.25, -0.2) is 13.2 Å². The summed E-state index contributed by atoms with van der Waals surface area (Å²) in [7, 11) is -3.49. The largest absolute Gasteiger partial charge is 0.322 e. The van der Waals surface area contributed by atoms with Crippen LogP contribution in [0.5, 0.6) is 0 Å². The summed E-state index contributed by atoms with van der Waals surface area (Å²) in [5, 5.41) is 2.84. The number of hydrogen-bond acceptors (Lipinski definition) is 3. The molecule has 0 aromatic heterocycles. The lowest BCUT2D eigenvalue weighted by Gasteiger charge is -2.33. The van der Waals surface area contributed by atoms with Crippen molar-refractivity contribution in [1.82, 2.24) is 14.5 Å². The molecule has 2 fully saturated rings. The first-order chi connectivity index (χ1) is 12.0. The molecule has 1 saturated heterocycles. The minimum atomic E-state index is -3.49. The van der Waals surface area contributed by atoms with Crippen LogP contribution in [-0.4, -0.2) is 49.8 Å². The number of aryl methyl sites for hydroxylation is 1. The SMILES string of the molecule is Cc1ccc(S(=O)(=O)N2CCN(C(=O)NC=C3CCCC3)CC2)cc1. The van der Waals surface area contributed by atoms with Crippen molar-refractivity contribution in [2.45, 2.75) is 37.5 Å². The van der Waals surface area contributed by atoms with Crippen LogP contribution in [0.3, 0.4) is 0 Å². The van der Waals surface area contributed by atoms with Crippen molar-refractivity contribution < 1.29 is 13.2 Å². The van der Waals surface area contributed by atoms with Gasteiger partial charge < -0.3 is 10.2 Å². The van der Waals surface area contributed by atoms with Crippen molar-refractivity contribution in [2.24, 2.45) is 0 Å². The van der Waals surface area contributed by atoms with E-state index in [2.05, 4.69) is 5.32 Å². The highest BCUT2D eigenvalue weighted by molar-refractivity contribution is 7.89. The first kappa shape index (κ1) is 17.9. The van der Waals surface area contributed by atoms with Crippen LogP contribution in [0.2, 0.25) is 0 Å². The molecule has 25 heavy (non-hydrogen) atoms. The summed E-state index contributed by atoms with van der Waals surface area (Å²) in [6.07, 6.45) is 6.32. The number of nitrogens with zero attached hydrogens (tertiary/aromatic N) is 2. The van der Waals surface area contributed by atoms with Crippen molar-refractivity contribution in [3.63, 3.8) is 0 Å². The maximum atomic E-state index is 12.7. The van der Waals surface area contributed by atoms with Gasteiger partial charge in [0, 0.05) is 32.4 Å². The second-order valence-corrected chi connectivity index (χ2v) is 8.60. The standard InChI is InChI=1S/C18H25N3O3S/c1-15-6-8-17(9-7-15)25(23,24)21-12-10-20(11-13-21)18(22)19-14-16-4-2-3-5-16/h6-9,14H,2-5,10-13H2,1H3,(H,19,22). The number of benzene rings is 1. The van der Waals surface area contributed by atoms with Crippen LogP contribution in [-0.2, 0) is 10.0 Å². The summed E-state index contributed by atoms with van der Waals surface area (Å²) in [6.45, 7) is 3.37. The average molecular weight is 363 g/mol. The molecular weight excluding hydrogens is 338 g/mol. The normalized spacial score (nSPS) is 19.1. The monoisotopic (exact) mass is 363 g/mol. The highest BCUT2D eigenvalue weighted by Crippen LogP contribution is 2.23. The molecule has 7 heteroatoms. The van der Waals surface area contributed by atoms with Gasteiger partial charge in [0.05, 0.1) is 4.90 Å². The predicted molar refractivity (Wildman–Crippen MR) is 96.6 cm³/mol. The van der Waals surface area contributed by atoms with Gasteiger partial charge in [0.2, 0.25) is 10.0 Å². The zero-order valence-corrected chi connectivity index (χ0v) is 15.4. The van der Waals surface area contributed by atoms with Crippen molar-refractivity contribution in [2.75, 3.05) is 26.2 Å². The fourth-order valence-electron chi connectivity index (χ4n) is 3.22. The van der Waals surface area contributed by atoms with E-state index < -0.39 is 10.0 Å². The maximum absolute atomic E-state index is 12.7. The quantitative estimate of drug-likeness (QED) is 0.897. The molecule has 1 aromatic rings. The number of carbonyl (C=O) groups excluding carboxylic acids is 1. The molecule has 0 unspecified atom stereocenters. The Balaban J connectivity index is 1.56. The molecule has 1 heterocycles. The number of nitrogens with one attached hydrogen (secondary N) is 1. The molecule has 1 saturated carbocycles. The average Bonchev–Trinajstić information content (AvgIpc) is 3.14. The number of hydrogen-bond donors (Lipinski definition) is 1. The molecule has 2 amide bonds. The molecule has 1 aliphatic carbocycles. The lowest BCUT2D eigenvalue weighted by Crippen LogP contribution is -2.52. The van der Waals surface area contributed by atoms with Gasteiger partial charge in [-0.2, -0.15) is 4.31 Å². The number of urea groups is 1. The van der Waals surface area contributed by atoms with Crippen molar-refractivity contribution in [1.29, 1.82) is 0 Å². The minimum absolute atomic E-state index is 0.146. The Morgan fingerprint density at radius 2 is 1.64 bits per heavy atom. The molecule has 136 valence electrons. The van der Waals surface area contributed by atoms with Crippen LogP contribution in [0.1, 0.15) is 31.2 Å². The third-order valence-corrected chi connectivity index (χ3v) is 6.74. The Morgan fingerprint density at radius 3 is 2.24 bits per heavy atom. The Hall–Kier alpha value is -1.86. The molecule has 1 aliphatic heterocycles. The Morgan fingerprint density at radius 1 is 1.04 bits per heavy atom. The predicted octanol–water partition coefficient (Wildman–Crippen LogP) is 2.47. The Kier molecular flexibility index (Phi) is 5.44. The van der Waals surface area contributed by atoms with Crippen molar-refractivity contribution in [3.8, 4) is 0 Å². The van der Waals surface area contributed by atoms with Gasteiger partial charge in [-0.05, 0) is 44.7 Å². The zero-order valence-electron chi connectivity index (χ0n) is 14.6. The van der Waals surface area contributed by atoms with E-state index in [9.17, 15) is 13.2 Å². The molecule has 6 nitrogen and oxygen atoms in total. The van der Waals surface area contributed by atoms with Crippen LogP contribution in [0.25, 0.3) is 0 Å². The van der Waals surface area contributed by atoms with E-state index in [0.717, 1.165) is 18.4 Å². The lowest BCUT2D eigenvalue weighted by atomic mass is 10.2.